The number of hydrogen-bond donors (Lipinski definition) is 2. The van der Waals surface area contributed by atoms with Crippen LogP contribution in [0.25, 0.3) is 0 Å². The lowest BCUT2D eigenvalue weighted by atomic mass is 9.85. The van der Waals surface area contributed by atoms with Crippen molar-refractivity contribution in [1.29, 1.82) is 0 Å². The highest BCUT2D eigenvalue weighted by Crippen LogP contribution is 2.28. The molecule has 1 heterocycles. The SMILES string of the molecule is CC(C)N1CCC(O)(CCc2ccc(C(=O)O)cc2)CC1. The van der Waals surface area contributed by atoms with Crippen molar-refractivity contribution in [2.75, 3.05) is 13.1 Å². The number of rotatable bonds is 5. The summed E-state index contributed by atoms with van der Waals surface area (Å²) < 4.78 is 0. The number of carboxylic acid groups (broad SMARTS) is 1. The minimum atomic E-state index is -0.902. The van der Waals surface area contributed by atoms with Crippen molar-refractivity contribution in [2.45, 2.75) is 51.2 Å². The number of aryl methyl sites for hydroxylation is 1. The molecule has 0 saturated carbocycles. The monoisotopic (exact) mass is 291 g/mol. The molecule has 0 spiro atoms. The molecule has 0 amide bonds. The lowest BCUT2D eigenvalue weighted by Crippen LogP contribution is -2.46. The van der Waals surface area contributed by atoms with Gasteiger partial charge in [-0.25, -0.2) is 4.79 Å². The van der Waals surface area contributed by atoms with Gasteiger partial charge < -0.3 is 15.1 Å². The molecule has 1 aliphatic heterocycles. The fraction of sp³-hybridized carbons (Fsp3) is 0.588. The molecule has 0 aliphatic carbocycles. The normalized spacial score (nSPS) is 18.9. The molecule has 1 aromatic rings. The van der Waals surface area contributed by atoms with Gasteiger partial charge in [0, 0.05) is 19.1 Å². The Balaban J connectivity index is 1.86. The molecule has 2 rings (SSSR count). The Labute approximate surface area is 126 Å². The summed E-state index contributed by atoms with van der Waals surface area (Å²) in [5, 5.41) is 19.5. The molecule has 4 heteroatoms. The van der Waals surface area contributed by atoms with Crippen LogP contribution in [0.15, 0.2) is 24.3 Å². The third-order valence-corrected chi connectivity index (χ3v) is 4.54. The lowest BCUT2D eigenvalue weighted by Gasteiger charge is -2.40. The second kappa shape index (κ2) is 6.58. The largest absolute Gasteiger partial charge is 0.478 e. The van der Waals surface area contributed by atoms with Crippen molar-refractivity contribution in [1.82, 2.24) is 4.90 Å². The van der Waals surface area contributed by atoms with Crippen LogP contribution in [-0.4, -0.2) is 45.8 Å². The molecule has 0 unspecified atom stereocenters. The summed E-state index contributed by atoms with van der Waals surface area (Å²) in [6.07, 6.45) is 3.17. The Morgan fingerprint density at radius 3 is 2.29 bits per heavy atom. The van der Waals surface area contributed by atoms with Crippen LogP contribution >= 0.6 is 0 Å². The minimum Gasteiger partial charge on any atom is -0.478 e. The maximum Gasteiger partial charge on any atom is 0.335 e. The minimum absolute atomic E-state index is 0.308. The van der Waals surface area contributed by atoms with E-state index in [2.05, 4.69) is 18.7 Å². The van der Waals surface area contributed by atoms with Gasteiger partial charge in [-0.3, -0.25) is 0 Å². The van der Waals surface area contributed by atoms with Crippen molar-refractivity contribution in [3.8, 4) is 0 Å². The van der Waals surface area contributed by atoms with E-state index >= 15 is 0 Å². The third-order valence-electron chi connectivity index (χ3n) is 4.54. The first-order chi connectivity index (χ1) is 9.89. The van der Waals surface area contributed by atoms with Crippen LogP contribution in [-0.2, 0) is 6.42 Å². The molecule has 1 aliphatic rings. The zero-order valence-corrected chi connectivity index (χ0v) is 12.9. The Morgan fingerprint density at radius 2 is 1.81 bits per heavy atom. The topological polar surface area (TPSA) is 60.8 Å². The fourth-order valence-corrected chi connectivity index (χ4v) is 2.90. The van der Waals surface area contributed by atoms with Gasteiger partial charge in [-0.15, -0.1) is 0 Å². The molecule has 0 atom stereocenters. The van der Waals surface area contributed by atoms with Crippen molar-refractivity contribution in [3.05, 3.63) is 35.4 Å². The van der Waals surface area contributed by atoms with Crippen LogP contribution in [0.3, 0.4) is 0 Å². The number of aliphatic hydroxyl groups is 1. The van der Waals surface area contributed by atoms with Crippen LogP contribution in [0.1, 0.15) is 49.0 Å². The molecule has 1 saturated heterocycles. The number of carboxylic acids is 1. The summed E-state index contributed by atoms with van der Waals surface area (Å²) in [5.41, 5.74) is 0.819. The molecule has 0 bridgehead atoms. The zero-order valence-electron chi connectivity index (χ0n) is 12.9. The number of piperidine rings is 1. The van der Waals surface area contributed by atoms with Crippen LogP contribution in [0.4, 0.5) is 0 Å². The van der Waals surface area contributed by atoms with Gasteiger partial charge in [0.25, 0.3) is 0 Å². The van der Waals surface area contributed by atoms with Gasteiger partial charge in [0.15, 0.2) is 0 Å². The van der Waals surface area contributed by atoms with E-state index in [4.69, 9.17) is 5.11 Å². The van der Waals surface area contributed by atoms with E-state index in [-0.39, 0.29) is 0 Å². The molecule has 116 valence electrons. The van der Waals surface area contributed by atoms with Crippen LogP contribution in [0.2, 0.25) is 0 Å². The standard InChI is InChI=1S/C17H25NO3/c1-13(2)18-11-9-17(21,10-12-18)8-7-14-3-5-15(6-4-14)16(19)20/h3-6,13,21H,7-12H2,1-2H3,(H,19,20). The fourth-order valence-electron chi connectivity index (χ4n) is 2.90. The summed E-state index contributed by atoms with van der Waals surface area (Å²) >= 11 is 0. The predicted molar refractivity (Wildman–Crippen MR) is 82.6 cm³/mol. The summed E-state index contributed by atoms with van der Waals surface area (Å²) in [6.45, 7) is 6.28. The molecule has 2 N–H and O–H groups in total. The Hall–Kier alpha value is -1.39. The van der Waals surface area contributed by atoms with Gasteiger partial charge in [0.1, 0.15) is 0 Å². The molecule has 1 fully saturated rings. The van der Waals surface area contributed by atoms with Gasteiger partial charge in [-0.05, 0) is 57.2 Å². The average Bonchev–Trinajstić information content (AvgIpc) is 2.46. The molecular formula is C17H25NO3. The highest BCUT2D eigenvalue weighted by atomic mass is 16.4. The number of carbonyl (C=O) groups is 1. The Kier molecular flexibility index (Phi) is 5.01. The Bertz CT molecular complexity index is 473. The summed E-state index contributed by atoms with van der Waals surface area (Å²) in [4.78, 5) is 13.2. The molecular weight excluding hydrogens is 266 g/mol. The first-order valence-electron chi connectivity index (χ1n) is 7.68. The number of aromatic carboxylic acids is 1. The van der Waals surface area contributed by atoms with E-state index in [1.807, 2.05) is 12.1 Å². The third kappa shape index (κ3) is 4.29. The van der Waals surface area contributed by atoms with Gasteiger partial charge in [-0.2, -0.15) is 0 Å². The van der Waals surface area contributed by atoms with E-state index in [0.29, 0.717) is 11.6 Å². The predicted octanol–water partition coefficient (Wildman–Crippen LogP) is 2.55. The number of hydrogen-bond acceptors (Lipinski definition) is 3. The second-order valence-corrected chi connectivity index (χ2v) is 6.36. The average molecular weight is 291 g/mol. The van der Waals surface area contributed by atoms with Gasteiger partial charge in [0.2, 0.25) is 0 Å². The quantitative estimate of drug-likeness (QED) is 0.875. The van der Waals surface area contributed by atoms with Crippen molar-refractivity contribution >= 4 is 5.97 Å². The smallest absolute Gasteiger partial charge is 0.335 e. The number of benzene rings is 1. The zero-order chi connectivity index (χ0) is 15.5. The summed E-state index contributed by atoms with van der Waals surface area (Å²) in [6, 6.07) is 7.48. The van der Waals surface area contributed by atoms with Crippen LogP contribution in [0.5, 0.6) is 0 Å². The number of nitrogens with zero attached hydrogens (tertiary/aromatic N) is 1. The van der Waals surface area contributed by atoms with E-state index in [9.17, 15) is 9.90 Å². The van der Waals surface area contributed by atoms with E-state index in [0.717, 1.165) is 44.3 Å². The Morgan fingerprint density at radius 1 is 1.24 bits per heavy atom. The molecule has 21 heavy (non-hydrogen) atoms. The van der Waals surface area contributed by atoms with E-state index in [1.54, 1.807) is 12.1 Å². The first-order valence-corrected chi connectivity index (χ1v) is 7.68. The molecule has 0 aromatic heterocycles. The van der Waals surface area contributed by atoms with Crippen molar-refractivity contribution < 1.29 is 15.0 Å². The molecule has 4 nitrogen and oxygen atoms in total. The maximum atomic E-state index is 10.8. The summed E-state index contributed by atoms with van der Waals surface area (Å²) in [5.74, 6) is -0.902. The second-order valence-electron chi connectivity index (χ2n) is 6.36. The molecule has 1 aromatic carbocycles. The van der Waals surface area contributed by atoms with E-state index < -0.39 is 11.6 Å². The number of likely N-dealkylation sites (tertiary alicyclic amines) is 1. The summed E-state index contributed by atoms with van der Waals surface area (Å²) in [7, 11) is 0. The highest BCUT2D eigenvalue weighted by molar-refractivity contribution is 5.87. The van der Waals surface area contributed by atoms with Gasteiger partial charge >= 0.3 is 5.97 Å². The van der Waals surface area contributed by atoms with Crippen molar-refractivity contribution in [3.63, 3.8) is 0 Å². The van der Waals surface area contributed by atoms with Gasteiger partial charge in [-0.1, -0.05) is 12.1 Å². The van der Waals surface area contributed by atoms with Crippen molar-refractivity contribution in [2.24, 2.45) is 0 Å². The maximum absolute atomic E-state index is 10.8. The van der Waals surface area contributed by atoms with E-state index in [1.165, 1.54) is 0 Å². The highest BCUT2D eigenvalue weighted by Gasteiger charge is 2.32. The molecule has 0 radical (unpaired) electrons. The van der Waals surface area contributed by atoms with Crippen LogP contribution in [0, 0.1) is 0 Å². The first kappa shape index (κ1) is 16.0. The lowest BCUT2D eigenvalue weighted by molar-refractivity contribution is -0.0334. The van der Waals surface area contributed by atoms with Crippen LogP contribution < -0.4 is 0 Å². The van der Waals surface area contributed by atoms with Gasteiger partial charge in [0.05, 0.1) is 11.2 Å².